The first-order chi connectivity index (χ1) is 8.30. The number of hydrogen-bond acceptors (Lipinski definition) is 3. The third-order valence-electron chi connectivity index (χ3n) is 2.37. The number of benzene rings is 1. The van der Waals surface area contributed by atoms with Crippen LogP contribution in [0.5, 0.6) is 5.75 Å². The van der Waals surface area contributed by atoms with Gasteiger partial charge in [-0.3, -0.25) is 0 Å². The molecule has 17 heavy (non-hydrogen) atoms. The zero-order valence-corrected chi connectivity index (χ0v) is 11.5. The molecule has 0 N–H and O–H groups in total. The third-order valence-corrected chi connectivity index (χ3v) is 3.11. The quantitative estimate of drug-likeness (QED) is 0.413. The first-order valence-electron chi connectivity index (χ1n) is 5.85. The Balaban J connectivity index is 2.26. The maximum Gasteiger partial charge on any atom is 0.122 e. The maximum absolute atomic E-state index is 5.58. The summed E-state index contributed by atoms with van der Waals surface area (Å²) in [5, 5.41) is 0. The van der Waals surface area contributed by atoms with Crippen molar-refractivity contribution >= 4 is 11.8 Å². The standard InChI is InChI=1S/C14H20O2S/c1-4-12(5-2)15-10-11-16-13-6-8-14(17-3)9-7-13/h4,6-9H,5,10-11H2,1-3H3/b12-4+. The first kappa shape index (κ1) is 14.0. The van der Waals surface area contributed by atoms with E-state index in [0.717, 1.165) is 17.9 Å². The number of thioether (sulfide) groups is 1. The fraction of sp³-hybridized carbons (Fsp3) is 0.429. The van der Waals surface area contributed by atoms with Crippen LogP contribution in [-0.2, 0) is 4.74 Å². The molecule has 1 rings (SSSR count). The van der Waals surface area contributed by atoms with Crippen LogP contribution in [0.3, 0.4) is 0 Å². The Bertz CT molecular complexity index is 344. The van der Waals surface area contributed by atoms with E-state index in [-0.39, 0.29) is 0 Å². The molecule has 2 nitrogen and oxygen atoms in total. The lowest BCUT2D eigenvalue weighted by Crippen LogP contribution is -2.06. The molecule has 0 aliphatic carbocycles. The van der Waals surface area contributed by atoms with E-state index in [4.69, 9.17) is 9.47 Å². The molecule has 0 bridgehead atoms. The van der Waals surface area contributed by atoms with E-state index < -0.39 is 0 Å². The van der Waals surface area contributed by atoms with E-state index in [1.807, 2.05) is 25.1 Å². The lowest BCUT2D eigenvalue weighted by atomic mass is 10.3. The van der Waals surface area contributed by atoms with E-state index >= 15 is 0 Å². The summed E-state index contributed by atoms with van der Waals surface area (Å²) in [6, 6.07) is 8.10. The highest BCUT2D eigenvalue weighted by Crippen LogP contribution is 2.18. The van der Waals surface area contributed by atoms with Crippen molar-refractivity contribution < 1.29 is 9.47 Å². The molecular weight excluding hydrogens is 232 g/mol. The van der Waals surface area contributed by atoms with Crippen LogP contribution in [-0.4, -0.2) is 19.5 Å². The molecule has 0 saturated carbocycles. The van der Waals surface area contributed by atoms with Crippen molar-refractivity contribution in [1.82, 2.24) is 0 Å². The van der Waals surface area contributed by atoms with Crippen molar-refractivity contribution in [2.45, 2.75) is 25.2 Å². The molecule has 0 atom stereocenters. The normalized spacial score (nSPS) is 11.4. The Hall–Kier alpha value is -1.09. The van der Waals surface area contributed by atoms with E-state index in [1.165, 1.54) is 4.90 Å². The number of ether oxygens (including phenoxy) is 2. The van der Waals surface area contributed by atoms with Gasteiger partial charge >= 0.3 is 0 Å². The van der Waals surface area contributed by atoms with Gasteiger partial charge in [0.15, 0.2) is 0 Å². The largest absolute Gasteiger partial charge is 0.495 e. The average molecular weight is 252 g/mol. The Kier molecular flexibility index (Phi) is 6.63. The van der Waals surface area contributed by atoms with E-state index in [1.54, 1.807) is 11.8 Å². The van der Waals surface area contributed by atoms with E-state index in [9.17, 15) is 0 Å². The van der Waals surface area contributed by atoms with Crippen LogP contribution in [0.25, 0.3) is 0 Å². The lowest BCUT2D eigenvalue weighted by Gasteiger charge is -2.10. The number of hydrogen-bond donors (Lipinski definition) is 0. The summed E-state index contributed by atoms with van der Waals surface area (Å²) in [5.41, 5.74) is 0. The van der Waals surface area contributed by atoms with Gasteiger partial charge in [0.05, 0.1) is 5.76 Å². The molecule has 0 spiro atoms. The monoisotopic (exact) mass is 252 g/mol. The van der Waals surface area contributed by atoms with Crippen LogP contribution in [0.1, 0.15) is 20.3 Å². The predicted molar refractivity (Wildman–Crippen MR) is 73.7 cm³/mol. The number of rotatable bonds is 7. The highest BCUT2D eigenvalue weighted by molar-refractivity contribution is 7.98. The van der Waals surface area contributed by atoms with Crippen molar-refractivity contribution in [3.8, 4) is 5.75 Å². The Labute approximate surface area is 108 Å². The van der Waals surface area contributed by atoms with Crippen molar-refractivity contribution in [3.63, 3.8) is 0 Å². The van der Waals surface area contributed by atoms with Gasteiger partial charge in [0.1, 0.15) is 19.0 Å². The Morgan fingerprint density at radius 3 is 2.47 bits per heavy atom. The molecule has 0 fully saturated rings. The minimum atomic E-state index is 0.579. The van der Waals surface area contributed by atoms with Crippen molar-refractivity contribution in [1.29, 1.82) is 0 Å². The molecule has 0 aliphatic heterocycles. The summed E-state index contributed by atoms with van der Waals surface area (Å²) in [6.07, 6.45) is 4.99. The Morgan fingerprint density at radius 2 is 1.94 bits per heavy atom. The molecule has 0 aromatic heterocycles. The van der Waals surface area contributed by atoms with Gasteiger partial charge in [0, 0.05) is 11.3 Å². The van der Waals surface area contributed by atoms with Gasteiger partial charge in [0.25, 0.3) is 0 Å². The highest BCUT2D eigenvalue weighted by atomic mass is 32.2. The summed E-state index contributed by atoms with van der Waals surface area (Å²) in [5.74, 6) is 1.91. The lowest BCUT2D eigenvalue weighted by molar-refractivity contribution is 0.151. The second-order valence-electron chi connectivity index (χ2n) is 3.48. The molecular formula is C14H20O2S. The van der Waals surface area contributed by atoms with Crippen LogP contribution in [0.2, 0.25) is 0 Å². The molecule has 0 aliphatic rings. The smallest absolute Gasteiger partial charge is 0.122 e. The molecule has 3 heteroatoms. The first-order valence-corrected chi connectivity index (χ1v) is 7.07. The zero-order chi connectivity index (χ0) is 12.5. The van der Waals surface area contributed by atoms with Crippen molar-refractivity contribution in [2.24, 2.45) is 0 Å². The summed E-state index contributed by atoms with van der Waals surface area (Å²) < 4.78 is 11.1. The Morgan fingerprint density at radius 1 is 1.24 bits per heavy atom. The third kappa shape index (κ3) is 5.18. The van der Waals surface area contributed by atoms with Crippen molar-refractivity contribution in [2.75, 3.05) is 19.5 Å². The van der Waals surface area contributed by atoms with Crippen molar-refractivity contribution in [3.05, 3.63) is 36.1 Å². The molecule has 0 unspecified atom stereocenters. The van der Waals surface area contributed by atoms with Crippen LogP contribution in [0.15, 0.2) is 41.0 Å². The highest BCUT2D eigenvalue weighted by Gasteiger charge is 1.96. The topological polar surface area (TPSA) is 18.5 Å². The zero-order valence-electron chi connectivity index (χ0n) is 10.7. The van der Waals surface area contributed by atoms with Crippen LogP contribution in [0.4, 0.5) is 0 Å². The van der Waals surface area contributed by atoms with Crippen LogP contribution in [0, 0.1) is 0 Å². The minimum absolute atomic E-state index is 0.579. The summed E-state index contributed by atoms with van der Waals surface area (Å²) in [6.45, 7) is 5.24. The van der Waals surface area contributed by atoms with Gasteiger partial charge in [-0.15, -0.1) is 11.8 Å². The summed E-state index contributed by atoms with van der Waals surface area (Å²) in [4.78, 5) is 1.25. The van der Waals surface area contributed by atoms with E-state index in [2.05, 4.69) is 25.3 Å². The molecule has 0 heterocycles. The fourth-order valence-corrected chi connectivity index (χ4v) is 1.80. The van der Waals surface area contributed by atoms with Gasteiger partial charge in [-0.2, -0.15) is 0 Å². The second-order valence-corrected chi connectivity index (χ2v) is 4.36. The molecule has 0 saturated heterocycles. The molecule has 94 valence electrons. The molecule has 1 aromatic carbocycles. The second kappa shape index (κ2) is 8.07. The summed E-state index contributed by atoms with van der Waals surface area (Å²) in [7, 11) is 0. The molecule has 1 aromatic rings. The fourth-order valence-electron chi connectivity index (χ4n) is 1.39. The van der Waals surface area contributed by atoms with Crippen LogP contribution < -0.4 is 4.74 Å². The maximum atomic E-state index is 5.58. The van der Waals surface area contributed by atoms with Gasteiger partial charge in [-0.1, -0.05) is 6.92 Å². The van der Waals surface area contributed by atoms with Gasteiger partial charge < -0.3 is 9.47 Å². The van der Waals surface area contributed by atoms with Crippen LogP contribution >= 0.6 is 11.8 Å². The minimum Gasteiger partial charge on any atom is -0.495 e. The molecule has 0 amide bonds. The number of allylic oxidation sites excluding steroid dienone is 2. The molecule has 0 radical (unpaired) electrons. The average Bonchev–Trinajstić information content (AvgIpc) is 2.40. The predicted octanol–water partition coefficient (Wildman–Crippen LogP) is 4.12. The SMILES string of the molecule is C/C=C(\CC)OCCOc1ccc(SC)cc1. The van der Waals surface area contributed by atoms with Gasteiger partial charge in [0.2, 0.25) is 0 Å². The van der Waals surface area contributed by atoms with Gasteiger partial charge in [-0.05, 0) is 43.5 Å². The van der Waals surface area contributed by atoms with Gasteiger partial charge in [-0.25, -0.2) is 0 Å². The summed E-state index contributed by atoms with van der Waals surface area (Å²) >= 11 is 1.73. The van der Waals surface area contributed by atoms with E-state index in [0.29, 0.717) is 13.2 Å².